The maximum absolute atomic E-state index is 6.06. The monoisotopic (exact) mass is 437 g/mol. The smallest absolute Gasteiger partial charge is 0.119 e. The van der Waals surface area contributed by atoms with Crippen molar-refractivity contribution in [2.24, 2.45) is 0 Å². The van der Waals surface area contributed by atoms with Crippen LogP contribution in [0.4, 0.5) is 0 Å². The van der Waals surface area contributed by atoms with Crippen LogP contribution in [0.25, 0.3) is 10.8 Å². The lowest BCUT2D eigenvalue weighted by Crippen LogP contribution is -2.25. The van der Waals surface area contributed by atoms with E-state index in [1.807, 2.05) is 12.1 Å². The summed E-state index contributed by atoms with van der Waals surface area (Å²) in [6, 6.07) is 32.3. The Bertz CT molecular complexity index is 1170. The molecule has 4 aromatic carbocycles. The Kier molecular flexibility index (Phi) is 6.59. The molecule has 5 rings (SSSR count). The summed E-state index contributed by atoms with van der Waals surface area (Å²) >= 11 is 0. The molecule has 1 aliphatic heterocycles. The van der Waals surface area contributed by atoms with Crippen molar-refractivity contribution < 1.29 is 9.47 Å². The number of hydrogen-bond acceptors (Lipinski definition) is 3. The molecule has 4 aromatic rings. The fraction of sp³-hybridized carbons (Fsp3) is 0.267. The summed E-state index contributed by atoms with van der Waals surface area (Å²) in [6.07, 6.45) is 2.63. The molecular weight excluding hydrogens is 406 g/mol. The number of hydrogen-bond donors (Lipinski definition) is 0. The zero-order valence-electron chi connectivity index (χ0n) is 19.2. The van der Waals surface area contributed by atoms with Crippen molar-refractivity contribution in [3.63, 3.8) is 0 Å². The number of ether oxygens (including phenoxy) is 2. The van der Waals surface area contributed by atoms with E-state index in [0.29, 0.717) is 0 Å². The minimum Gasteiger partial charge on any atom is -0.497 e. The van der Waals surface area contributed by atoms with Gasteiger partial charge in [-0.05, 0) is 77.7 Å². The number of methoxy groups -OCH3 is 1. The van der Waals surface area contributed by atoms with Crippen molar-refractivity contribution in [3.8, 4) is 11.5 Å². The third-order valence-corrected chi connectivity index (χ3v) is 6.67. The first-order valence-electron chi connectivity index (χ1n) is 11.9. The van der Waals surface area contributed by atoms with E-state index >= 15 is 0 Å². The van der Waals surface area contributed by atoms with Gasteiger partial charge < -0.3 is 9.47 Å². The molecule has 1 saturated heterocycles. The van der Waals surface area contributed by atoms with Crippen LogP contribution in [0.15, 0.2) is 91.0 Å². The molecule has 0 saturated carbocycles. The first kappa shape index (κ1) is 21.5. The largest absolute Gasteiger partial charge is 0.497 e. The van der Waals surface area contributed by atoms with Gasteiger partial charge in [-0.2, -0.15) is 0 Å². The Morgan fingerprint density at radius 2 is 1.36 bits per heavy atom. The summed E-state index contributed by atoms with van der Waals surface area (Å²) in [5, 5.41) is 2.54. The molecule has 3 nitrogen and oxygen atoms in total. The molecule has 0 aromatic heterocycles. The molecule has 1 heterocycles. The molecule has 0 spiro atoms. The Labute approximate surface area is 196 Å². The van der Waals surface area contributed by atoms with E-state index in [-0.39, 0.29) is 5.92 Å². The lowest BCUT2D eigenvalue weighted by Gasteiger charge is -2.21. The van der Waals surface area contributed by atoms with E-state index in [0.717, 1.165) is 24.7 Å². The Balaban J connectivity index is 1.45. The molecule has 0 N–H and O–H groups in total. The van der Waals surface area contributed by atoms with Gasteiger partial charge in [-0.25, -0.2) is 0 Å². The fourth-order valence-electron chi connectivity index (χ4n) is 4.91. The molecule has 1 aliphatic rings. The lowest BCUT2D eigenvalue weighted by atomic mass is 9.83. The van der Waals surface area contributed by atoms with Gasteiger partial charge in [-0.3, -0.25) is 4.90 Å². The minimum absolute atomic E-state index is 0.126. The molecule has 0 bridgehead atoms. The average Bonchev–Trinajstić information content (AvgIpc) is 3.39. The van der Waals surface area contributed by atoms with Gasteiger partial charge in [0, 0.05) is 12.5 Å². The van der Waals surface area contributed by atoms with E-state index in [1.54, 1.807) is 7.11 Å². The van der Waals surface area contributed by atoms with Crippen molar-refractivity contribution in [1.29, 1.82) is 0 Å². The van der Waals surface area contributed by atoms with E-state index in [9.17, 15) is 0 Å². The molecule has 0 radical (unpaired) electrons. The molecule has 3 heteroatoms. The normalized spacial score (nSPS) is 14.9. The summed E-state index contributed by atoms with van der Waals surface area (Å²) in [4.78, 5) is 2.48. The fourth-order valence-corrected chi connectivity index (χ4v) is 4.91. The van der Waals surface area contributed by atoms with Crippen LogP contribution in [0.1, 0.15) is 35.4 Å². The maximum atomic E-state index is 6.06. The van der Waals surface area contributed by atoms with Crippen molar-refractivity contribution in [3.05, 3.63) is 108 Å². The second-order valence-electron chi connectivity index (χ2n) is 8.74. The van der Waals surface area contributed by atoms with Gasteiger partial charge in [0.1, 0.15) is 18.1 Å². The Hall–Kier alpha value is -3.30. The van der Waals surface area contributed by atoms with E-state index < -0.39 is 0 Å². The van der Waals surface area contributed by atoms with Gasteiger partial charge in [-0.15, -0.1) is 0 Å². The highest BCUT2D eigenvalue weighted by molar-refractivity contribution is 5.87. The summed E-state index contributed by atoms with van der Waals surface area (Å²) < 4.78 is 11.5. The first-order chi connectivity index (χ1) is 16.3. The van der Waals surface area contributed by atoms with Crippen LogP contribution < -0.4 is 9.47 Å². The molecule has 1 unspecified atom stereocenters. The van der Waals surface area contributed by atoms with Crippen LogP contribution in [0.2, 0.25) is 0 Å². The van der Waals surface area contributed by atoms with E-state index in [4.69, 9.17) is 9.47 Å². The van der Waals surface area contributed by atoms with Gasteiger partial charge >= 0.3 is 0 Å². The predicted molar refractivity (Wildman–Crippen MR) is 135 cm³/mol. The summed E-state index contributed by atoms with van der Waals surface area (Å²) in [5.41, 5.74) is 3.80. The second-order valence-corrected chi connectivity index (χ2v) is 8.74. The third-order valence-electron chi connectivity index (χ3n) is 6.67. The van der Waals surface area contributed by atoms with Gasteiger partial charge in [0.2, 0.25) is 0 Å². The second kappa shape index (κ2) is 10.1. The predicted octanol–water partition coefficient (Wildman–Crippen LogP) is 6.50. The Morgan fingerprint density at radius 1 is 0.727 bits per heavy atom. The highest BCUT2D eigenvalue weighted by Gasteiger charge is 2.19. The van der Waals surface area contributed by atoms with Crippen molar-refractivity contribution >= 4 is 10.8 Å². The number of benzene rings is 4. The molecule has 1 fully saturated rings. The third kappa shape index (κ3) is 4.89. The molecule has 0 amide bonds. The number of rotatable bonds is 8. The maximum Gasteiger partial charge on any atom is 0.119 e. The summed E-state index contributed by atoms with van der Waals surface area (Å²) in [6.45, 7) is 4.16. The minimum atomic E-state index is 0.126. The average molecular weight is 438 g/mol. The first-order valence-corrected chi connectivity index (χ1v) is 11.9. The van der Waals surface area contributed by atoms with E-state index in [1.165, 1.54) is 53.4 Å². The topological polar surface area (TPSA) is 21.7 Å². The van der Waals surface area contributed by atoms with Crippen LogP contribution in [0.3, 0.4) is 0 Å². The highest BCUT2D eigenvalue weighted by Crippen LogP contribution is 2.37. The van der Waals surface area contributed by atoms with Gasteiger partial charge in [0.15, 0.2) is 0 Å². The molecular formula is C30H31NO2. The van der Waals surface area contributed by atoms with Crippen LogP contribution in [-0.2, 0) is 0 Å². The Morgan fingerprint density at radius 3 is 2.06 bits per heavy atom. The summed E-state index contributed by atoms with van der Waals surface area (Å²) in [7, 11) is 1.71. The van der Waals surface area contributed by atoms with Crippen LogP contribution in [0, 0.1) is 0 Å². The van der Waals surface area contributed by atoms with Crippen LogP contribution >= 0.6 is 0 Å². The molecule has 33 heavy (non-hydrogen) atoms. The van der Waals surface area contributed by atoms with Gasteiger partial charge in [0.05, 0.1) is 7.11 Å². The van der Waals surface area contributed by atoms with Crippen LogP contribution in [0.5, 0.6) is 11.5 Å². The zero-order valence-corrected chi connectivity index (χ0v) is 19.2. The van der Waals surface area contributed by atoms with E-state index in [2.05, 4.69) is 83.8 Å². The van der Waals surface area contributed by atoms with Crippen molar-refractivity contribution in [1.82, 2.24) is 4.90 Å². The highest BCUT2D eigenvalue weighted by atomic mass is 16.5. The van der Waals surface area contributed by atoms with Crippen molar-refractivity contribution in [2.45, 2.75) is 18.8 Å². The zero-order chi connectivity index (χ0) is 22.5. The standard InChI is InChI=1S/C30H31NO2/c1-32-26-15-11-24(12-16-26)30(29-10-6-8-23-7-2-3-9-28(23)29)25-13-17-27(18-14-25)33-22-21-31-19-4-5-20-31/h2-3,6-18,30H,4-5,19-22H2,1H3. The van der Waals surface area contributed by atoms with Crippen LogP contribution in [-0.4, -0.2) is 38.3 Å². The lowest BCUT2D eigenvalue weighted by molar-refractivity contribution is 0.238. The molecule has 1 atom stereocenters. The molecule has 0 aliphatic carbocycles. The summed E-state index contributed by atoms with van der Waals surface area (Å²) in [5.74, 6) is 1.93. The number of nitrogens with zero attached hydrogens (tertiary/aromatic N) is 1. The van der Waals surface area contributed by atoms with Gasteiger partial charge in [0.25, 0.3) is 0 Å². The SMILES string of the molecule is COc1ccc(C(c2ccc(OCCN3CCCC3)cc2)c2cccc3ccccc23)cc1. The number of fused-ring (bicyclic) bond motifs is 1. The molecule has 168 valence electrons. The van der Waals surface area contributed by atoms with Crippen molar-refractivity contribution in [2.75, 3.05) is 33.4 Å². The quantitative estimate of drug-likeness (QED) is 0.294. The van der Waals surface area contributed by atoms with Gasteiger partial charge in [-0.1, -0.05) is 66.7 Å². The number of likely N-dealkylation sites (tertiary alicyclic amines) is 1.